The Morgan fingerprint density at radius 2 is 1.77 bits per heavy atom. The highest BCUT2D eigenvalue weighted by Crippen LogP contribution is 2.09. The van der Waals surface area contributed by atoms with E-state index in [4.69, 9.17) is 23.8 Å². The predicted molar refractivity (Wildman–Crippen MR) is 91.3 cm³/mol. The molecule has 0 heterocycles. The van der Waals surface area contributed by atoms with Crippen molar-refractivity contribution in [2.75, 3.05) is 0 Å². The monoisotopic (exact) mass is 341 g/mol. The first-order valence-corrected chi connectivity index (χ1v) is 7.93. The molecule has 0 aliphatic carbocycles. The van der Waals surface area contributed by atoms with Crippen molar-refractivity contribution in [2.24, 2.45) is 0 Å². The lowest BCUT2D eigenvalue weighted by Gasteiger charge is -2.10. The minimum absolute atomic E-state index is 0.0888. The lowest BCUT2D eigenvalue weighted by Crippen LogP contribution is -2.48. The summed E-state index contributed by atoms with van der Waals surface area (Å²) < 4.78 is 0. The summed E-state index contributed by atoms with van der Waals surface area (Å²) in [7, 11) is 0. The van der Waals surface area contributed by atoms with Crippen molar-refractivity contribution < 1.29 is 9.59 Å². The number of hydrogen-bond acceptors (Lipinski definition) is 3. The summed E-state index contributed by atoms with van der Waals surface area (Å²) in [4.78, 5) is 23.3. The first-order chi connectivity index (χ1) is 10.5. The summed E-state index contributed by atoms with van der Waals surface area (Å²) in [5.74, 6) is -0.414. The zero-order valence-electron chi connectivity index (χ0n) is 12.4. The fraction of sp³-hybridized carbons (Fsp3) is 0.400. The molecule has 0 aliphatic heterocycles. The number of rotatable bonds is 6. The summed E-state index contributed by atoms with van der Waals surface area (Å²) in [6.07, 6.45) is 3.50. The van der Waals surface area contributed by atoms with Gasteiger partial charge in [0.15, 0.2) is 5.11 Å². The van der Waals surface area contributed by atoms with Crippen molar-refractivity contribution in [1.82, 2.24) is 16.2 Å². The molecule has 0 saturated heterocycles. The standard InChI is InChI=1S/C15H20ClN3O2S/c1-2-3-4-5-13(20)17-15(22)19-18-14(21)10-11-6-8-12(16)9-7-11/h6-9H,2-5,10H2,1H3,(H,18,21)(H2,17,19,20,22). The molecule has 0 saturated carbocycles. The smallest absolute Gasteiger partial charge is 0.242 e. The fourth-order valence-electron chi connectivity index (χ4n) is 1.71. The fourth-order valence-corrected chi connectivity index (χ4v) is 2.01. The molecule has 0 atom stereocenters. The third-order valence-electron chi connectivity index (χ3n) is 2.85. The maximum atomic E-state index is 11.7. The van der Waals surface area contributed by atoms with Gasteiger partial charge in [0.1, 0.15) is 0 Å². The van der Waals surface area contributed by atoms with E-state index >= 15 is 0 Å². The van der Waals surface area contributed by atoms with E-state index in [1.165, 1.54) is 0 Å². The molecule has 1 aromatic rings. The number of nitrogens with one attached hydrogen (secondary N) is 3. The number of carbonyl (C=O) groups is 2. The normalized spacial score (nSPS) is 9.91. The molecule has 1 aromatic carbocycles. The average Bonchev–Trinajstić information content (AvgIpc) is 2.48. The number of carbonyl (C=O) groups excluding carboxylic acids is 2. The van der Waals surface area contributed by atoms with Crippen molar-refractivity contribution in [3.05, 3.63) is 34.9 Å². The lowest BCUT2D eigenvalue weighted by molar-refractivity contribution is -0.122. The Bertz CT molecular complexity index is 520. The molecule has 0 fully saturated rings. The second-order valence-electron chi connectivity index (χ2n) is 4.81. The van der Waals surface area contributed by atoms with Crippen molar-refractivity contribution in [3.63, 3.8) is 0 Å². The molecule has 7 heteroatoms. The third kappa shape index (κ3) is 7.95. The Morgan fingerprint density at radius 3 is 2.41 bits per heavy atom. The second kappa shape index (κ2) is 10.1. The highest BCUT2D eigenvalue weighted by molar-refractivity contribution is 7.80. The Balaban J connectivity index is 2.24. The summed E-state index contributed by atoms with van der Waals surface area (Å²) in [5, 5.41) is 3.22. The zero-order valence-corrected chi connectivity index (χ0v) is 14.0. The number of thiocarbonyl (C=S) groups is 1. The van der Waals surface area contributed by atoms with Crippen LogP contribution in [0.1, 0.15) is 38.2 Å². The molecule has 0 spiro atoms. The highest BCUT2D eigenvalue weighted by Gasteiger charge is 2.06. The average molecular weight is 342 g/mol. The van der Waals surface area contributed by atoms with E-state index in [-0.39, 0.29) is 23.3 Å². The van der Waals surface area contributed by atoms with Gasteiger partial charge in [-0.25, -0.2) is 0 Å². The van der Waals surface area contributed by atoms with E-state index in [2.05, 4.69) is 23.1 Å². The van der Waals surface area contributed by atoms with E-state index in [1.807, 2.05) is 0 Å². The van der Waals surface area contributed by atoms with Crippen molar-refractivity contribution >= 4 is 40.7 Å². The Kier molecular flexibility index (Phi) is 8.47. The lowest BCUT2D eigenvalue weighted by atomic mass is 10.1. The molecule has 120 valence electrons. The van der Waals surface area contributed by atoms with Gasteiger partial charge in [0.25, 0.3) is 0 Å². The van der Waals surface area contributed by atoms with E-state index < -0.39 is 0 Å². The van der Waals surface area contributed by atoms with Gasteiger partial charge >= 0.3 is 0 Å². The molecule has 1 rings (SSSR count). The summed E-state index contributed by atoms with van der Waals surface area (Å²) >= 11 is 10.7. The number of unbranched alkanes of at least 4 members (excludes halogenated alkanes) is 2. The van der Waals surface area contributed by atoms with Gasteiger partial charge in [-0.05, 0) is 36.3 Å². The highest BCUT2D eigenvalue weighted by atomic mass is 35.5. The van der Waals surface area contributed by atoms with Gasteiger partial charge in [0.2, 0.25) is 11.8 Å². The number of hydrogen-bond donors (Lipinski definition) is 3. The van der Waals surface area contributed by atoms with Crippen molar-refractivity contribution in [2.45, 2.75) is 39.0 Å². The summed E-state index contributed by atoms with van der Waals surface area (Å²) in [5.41, 5.74) is 5.78. The van der Waals surface area contributed by atoms with Crippen LogP contribution in [0.25, 0.3) is 0 Å². The zero-order chi connectivity index (χ0) is 16.4. The molecular weight excluding hydrogens is 322 g/mol. The molecule has 22 heavy (non-hydrogen) atoms. The van der Waals surface area contributed by atoms with Crippen LogP contribution in [-0.2, 0) is 16.0 Å². The number of hydrazine groups is 1. The Labute approximate surface area is 140 Å². The molecule has 0 bridgehead atoms. The maximum Gasteiger partial charge on any atom is 0.242 e. The molecular formula is C15H20ClN3O2S. The molecule has 0 aliphatic rings. The van der Waals surface area contributed by atoms with Crippen LogP contribution in [0, 0.1) is 0 Å². The van der Waals surface area contributed by atoms with Crippen LogP contribution >= 0.6 is 23.8 Å². The van der Waals surface area contributed by atoms with Gasteiger partial charge in [0.05, 0.1) is 6.42 Å². The number of amides is 2. The second-order valence-corrected chi connectivity index (χ2v) is 5.66. The number of halogens is 1. The van der Waals surface area contributed by atoms with Crippen molar-refractivity contribution in [3.8, 4) is 0 Å². The van der Waals surface area contributed by atoms with Gasteiger partial charge in [-0.2, -0.15) is 0 Å². The largest absolute Gasteiger partial charge is 0.302 e. The Hall–Kier alpha value is -1.66. The maximum absolute atomic E-state index is 11.7. The third-order valence-corrected chi connectivity index (χ3v) is 3.31. The van der Waals surface area contributed by atoms with Gasteiger partial charge < -0.3 is 5.32 Å². The summed E-state index contributed by atoms with van der Waals surface area (Å²) in [6.45, 7) is 2.07. The van der Waals surface area contributed by atoms with Gasteiger partial charge in [-0.3, -0.25) is 20.4 Å². The topological polar surface area (TPSA) is 70.2 Å². The van der Waals surface area contributed by atoms with Crippen LogP contribution < -0.4 is 16.2 Å². The Morgan fingerprint density at radius 1 is 1.09 bits per heavy atom. The molecule has 2 amide bonds. The van der Waals surface area contributed by atoms with Crippen LogP contribution in [0.15, 0.2) is 24.3 Å². The minimum atomic E-state index is -0.259. The van der Waals surface area contributed by atoms with Crippen LogP contribution in [-0.4, -0.2) is 16.9 Å². The van der Waals surface area contributed by atoms with Crippen LogP contribution in [0.4, 0.5) is 0 Å². The van der Waals surface area contributed by atoms with Gasteiger partial charge in [-0.1, -0.05) is 43.5 Å². The quantitative estimate of drug-likeness (QED) is 0.422. The van der Waals surface area contributed by atoms with Crippen molar-refractivity contribution in [1.29, 1.82) is 0 Å². The van der Waals surface area contributed by atoms with E-state index in [9.17, 15) is 9.59 Å². The number of benzene rings is 1. The first kappa shape index (κ1) is 18.4. The summed E-state index contributed by atoms with van der Waals surface area (Å²) in [6, 6.07) is 6.99. The molecule has 0 aromatic heterocycles. The van der Waals surface area contributed by atoms with Gasteiger partial charge in [-0.15, -0.1) is 0 Å². The molecule has 3 N–H and O–H groups in total. The van der Waals surface area contributed by atoms with Gasteiger partial charge in [0, 0.05) is 11.4 Å². The van der Waals surface area contributed by atoms with Crippen LogP contribution in [0.3, 0.4) is 0 Å². The minimum Gasteiger partial charge on any atom is -0.302 e. The first-order valence-electron chi connectivity index (χ1n) is 7.14. The van der Waals surface area contributed by atoms with Crippen LogP contribution in [0.5, 0.6) is 0 Å². The molecule has 0 unspecified atom stereocenters. The van der Waals surface area contributed by atoms with E-state index in [1.54, 1.807) is 24.3 Å². The van der Waals surface area contributed by atoms with Crippen LogP contribution in [0.2, 0.25) is 5.02 Å². The van der Waals surface area contributed by atoms with E-state index in [0.29, 0.717) is 11.4 Å². The SMILES string of the molecule is CCCCCC(=O)NC(=S)NNC(=O)Cc1ccc(Cl)cc1. The predicted octanol–water partition coefficient (Wildman–Crippen LogP) is 2.48. The molecule has 0 radical (unpaired) electrons. The molecule has 5 nitrogen and oxygen atoms in total. The van der Waals surface area contributed by atoms with E-state index in [0.717, 1.165) is 24.8 Å².